The van der Waals surface area contributed by atoms with Gasteiger partial charge in [-0.3, -0.25) is 0 Å². The van der Waals surface area contributed by atoms with E-state index < -0.39 is 0 Å². The van der Waals surface area contributed by atoms with Crippen LogP contribution in [0.1, 0.15) is 41.0 Å². The zero-order valence-corrected chi connectivity index (χ0v) is 10.8. The zero-order valence-electron chi connectivity index (χ0n) is 10.8. The molecule has 2 atom stereocenters. The quantitative estimate of drug-likeness (QED) is 0.678. The van der Waals surface area contributed by atoms with Gasteiger partial charge in [-0.25, -0.2) is 0 Å². The van der Waals surface area contributed by atoms with Crippen molar-refractivity contribution < 1.29 is 0 Å². The Morgan fingerprint density at radius 2 is 1.71 bits per heavy atom. The lowest BCUT2D eigenvalue weighted by atomic mass is 10.0. The lowest BCUT2D eigenvalue weighted by Gasteiger charge is -2.30. The highest BCUT2D eigenvalue weighted by molar-refractivity contribution is 4.72. The molecule has 2 nitrogen and oxygen atoms in total. The highest BCUT2D eigenvalue weighted by Gasteiger charge is 2.15. The summed E-state index contributed by atoms with van der Waals surface area (Å²) in [5.41, 5.74) is 0. The van der Waals surface area contributed by atoms with Crippen molar-refractivity contribution in [1.82, 2.24) is 10.2 Å². The second-order valence-electron chi connectivity index (χ2n) is 4.76. The molecule has 2 heteroatoms. The van der Waals surface area contributed by atoms with Crippen molar-refractivity contribution in [2.75, 3.05) is 20.1 Å². The third-order valence-corrected chi connectivity index (χ3v) is 2.94. The molecule has 1 N–H and O–H groups in total. The molecular formula is C12H28N2. The van der Waals surface area contributed by atoms with Crippen molar-refractivity contribution in [3.05, 3.63) is 0 Å². The number of nitrogens with zero attached hydrogens (tertiary/aromatic N) is 1. The predicted molar refractivity (Wildman–Crippen MR) is 64.7 cm³/mol. The second kappa shape index (κ2) is 7.24. The molecule has 0 aliphatic heterocycles. The van der Waals surface area contributed by atoms with E-state index in [0.717, 1.165) is 6.54 Å². The van der Waals surface area contributed by atoms with Crippen LogP contribution in [0.5, 0.6) is 0 Å². The van der Waals surface area contributed by atoms with Gasteiger partial charge in [0.1, 0.15) is 0 Å². The Balaban J connectivity index is 3.79. The summed E-state index contributed by atoms with van der Waals surface area (Å²) in [6, 6.07) is 1.27. The fraction of sp³-hybridized carbons (Fsp3) is 1.00. The van der Waals surface area contributed by atoms with Crippen LogP contribution >= 0.6 is 0 Å². The maximum Gasteiger partial charge on any atom is 0.0102 e. The van der Waals surface area contributed by atoms with Gasteiger partial charge in [-0.05, 0) is 39.4 Å². The zero-order chi connectivity index (χ0) is 11.1. The van der Waals surface area contributed by atoms with Crippen LogP contribution in [-0.4, -0.2) is 37.1 Å². The first kappa shape index (κ1) is 13.9. The summed E-state index contributed by atoms with van der Waals surface area (Å²) < 4.78 is 0. The largest absolute Gasteiger partial charge is 0.314 e. The summed E-state index contributed by atoms with van der Waals surface area (Å²) in [6.07, 6.45) is 1.24. The lowest BCUT2D eigenvalue weighted by molar-refractivity contribution is 0.194. The molecule has 86 valence electrons. The van der Waals surface area contributed by atoms with Crippen molar-refractivity contribution in [1.29, 1.82) is 0 Å². The van der Waals surface area contributed by atoms with E-state index in [4.69, 9.17) is 0 Å². The number of rotatable bonds is 7. The molecular weight excluding hydrogens is 172 g/mol. The molecule has 2 unspecified atom stereocenters. The Kier molecular flexibility index (Phi) is 7.20. The Morgan fingerprint density at radius 1 is 1.14 bits per heavy atom. The van der Waals surface area contributed by atoms with Crippen LogP contribution in [-0.2, 0) is 0 Å². The molecule has 0 heterocycles. The average molecular weight is 200 g/mol. The van der Waals surface area contributed by atoms with Crippen LogP contribution in [0.2, 0.25) is 0 Å². The molecule has 0 saturated heterocycles. The summed E-state index contributed by atoms with van der Waals surface area (Å²) in [7, 11) is 2.22. The highest BCUT2D eigenvalue weighted by atomic mass is 15.1. The Hall–Kier alpha value is -0.0800. The maximum atomic E-state index is 3.50. The van der Waals surface area contributed by atoms with E-state index in [-0.39, 0.29) is 0 Å². The molecule has 0 aromatic carbocycles. The Bertz CT molecular complexity index is 134. The van der Waals surface area contributed by atoms with E-state index in [9.17, 15) is 0 Å². The highest BCUT2D eigenvalue weighted by Crippen LogP contribution is 2.08. The van der Waals surface area contributed by atoms with Gasteiger partial charge < -0.3 is 10.2 Å². The molecule has 0 radical (unpaired) electrons. The maximum absolute atomic E-state index is 3.50. The minimum atomic E-state index is 0.598. The van der Waals surface area contributed by atoms with E-state index in [0.29, 0.717) is 18.0 Å². The monoisotopic (exact) mass is 200 g/mol. The number of hydrogen-bond donors (Lipinski definition) is 1. The van der Waals surface area contributed by atoms with Crippen LogP contribution in [0.3, 0.4) is 0 Å². The van der Waals surface area contributed by atoms with Crippen LogP contribution in [0.15, 0.2) is 0 Å². The first-order chi connectivity index (χ1) is 6.49. The smallest absolute Gasteiger partial charge is 0.0102 e. The van der Waals surface area contributed by atoms with Crippen molar-refractivity contribution in [3.8, 4) is 0 Å². The fourth-order valence-corrected chi connectivity index (χ4v) is 1.58. The predicted octanol–water partition coefficient (Wildman–Crippen LogP) is 2.35. The summed E-state index contributed by atoms with van der Waals surface area (Å²) in [4.78, 5) is 2.45. The summed E-state index contributed by atoms with van der Waals surface area (Å²) in [5, 5.41) is 3.50. The van der Waals surface area contributed by atoms with Crippen molar-refractivity contribution in [3.63, 3.8) is 0 Å². The van der Waals surface area contributed by atoms with Gasteiger partial charge in [0.2, 0.25) is 0 Å². The molecule has 0 fully saturated rings. The molecule has 0 bridgehead atoms. The van der Waals surface area contributed by atoms with E-state index >= 15 is 0 Å². The topological polar surface area (TPSA) is 15.3 Å². The Labute approximate surface area is 90.1 Å². The number of hydrogen-bond acceptors (Lipinski definition) is 2. The molecule has 0 aliphatic carbocycles. The van der Waals surface area contributed by atoms with Crippen molar-refractivity contribution in [2.24, 2.45) is 5.92 Å². The van der Waals surface area contributed by atoms with Crippen molar-refractivity contribution in [2.45, 2.75) is 53.1 Å². The lowest BCUT2D eigenvalue weighted by Crippen LogP contribution is -2.40. The van der Waals surface area contributed by atoms with Gasteiger partial charge in [0, 0.05) is 12.1 Å². The average Bonchev–Trinajstić information content (AvgIpc) is 2.13. The van der Waals surface area contributed by atoms with Gasteiger partial charge in [-0.15, -0.1) is 0 Å². The minimum absolute atomic E-state index is 0.598. The van der Waals surface area contributed by atoms with E-state index in [2.05, 4.69) is 51.9 Å². The molecule has 0 rings (SSSR count). The van der Waals surface area contributed by atoms with E-state index in [1.165, 1.54) is 13.0 Å². The van der Waals surface area contributed by atoms with Gasteiger partial charge in [-0.1, -0.05) is 27.7 Å². The van der Waals surface area contributed by atoms with Crippen LogP contribution in [0, 0.1) is 5.92 Å². The SMILES string of the molecule is CCCN(C)C(C)C(C)CNC(C)C. The molecule has 0 saturated carbocycles. The van der Waals surface area contributed by atoms with Crippen LogP contribution in [0.4, 0.5) is 0 Å². The minimum Gasteiger partial charge on any atom is -0.314 e. The first-order valence-corrected chi connectivity index (χ1v) is 5.92. The summed E-state index contributed by atoms with van der Waals surface area (Å²) >= 11 is 0. The van der Waals surface area contributed by atoms with Gasteiger partial charge in [0.05, 0.1) is 0 Å². The molecule has 0 aromatic heterocycles. The second-order valence-corrected chi connectivity index (χ2v) is 4.76. The van der Waals surface area contributed by atoms with Crippen LogP contribution in [0.25, 0.3) is 0 Å². The summed E-state index contributed by atoms with van der Waals surface area (Å²) in [5.74, 6) is 0.717. The van der Waals surface area contributed by atoms with Gasteiger partial charge in [0.25, 0.3) is 0 Å². The third kappa shape index (κ3) is 5.61. The molecule has 0 aliphatic rings. The molecule has 0 amide bonds. The van der Waals surface area contributed by atoms with Crippen molar-refractivity contribution >= 4 is 0 Å². The summed E-state index contributed by atoms with van der Waals surface area (Å²) in [6.45, 7) is 13.6. The molecule has 14 heavy (non-hydrogen) atoms. The fourth-order valence-electron chi connectivity index (χ4n) is 1.58. The standard InChI is InChI=1S/C12H28N2/c1-7-8-14(6)12(5)11(4)9-13-10(2)3/h10-13H,7-9H2,1-6H3. The molecule has 0 spiro atoms. The van der Waals surface area contributed by atoms with Gasteiger partial charge in [0.15, 0.2) is 0 Å². The normalized spacial score (nSPS) is 16.3. The first-order valence-electron chi connectivity index (χ1n) is 5.92. The third-order valence-electron chi connectivity index (χ3n) is 2.94. The molecule has 0 aromatic rings. The van der Waals surface area contributed by atoms with Gasteiger partial charge in [-0.2, -0.15) is 0 Å². The van der Waals surface area contributed by atoms with Gasteiger partial charge >= 0.3 is 0 Å². The van der Waals surface area contributed by atoms with E-state index in [1.54, 1.807) is 0 Å². The Morgan fingerprint density at radius 3 is 2.14 bits per heavy atom. The number of nitrogens with one attached hydrogen (secondary N) is 1. The van der Waals surface area contributed by atoms with E-state index in [1.807, 2.05) is 0 Å². The van der Waals surface area contributed by atoms with Crippen LogP contribution < -0.4 is 5.32 Å².